The number of aryl methyl sites for hydroxylation is 1. The van der Waals surface area contributed by atoms with Crippen LogP contribution in [0.2, 0.25) is 0 Å². The summed E-state index contributed by atoms with van der Waals surface area (Å²) in [6.45, 7) is 8.50. The second-order valence-corrected chi connectivity index (χ2v) is 5.94. The van der Waals surface area contributed by atoms with Crippen molar-refractivity contribution in [2.45, 2.75) is 52.6 Å². The first-order valence-corrected chi connectivity index (χ1v) is 7.68. The zero-order valence-electron chi connectivity index (χ0n) is 13.6. The van der Waals surface area contributed by atoms with Gasteiger partial charge in [-0.15, -0.1) is 0 Å². The lowest BCUT2D eigenvalue weighted by Crippen LogP contribution is -2.36. The Labute approximate surface area is 130 Å². The van der Waals surface area contributed by atoms with Gasteiger partial charge in [0.1, 0.15) is 11.7 Å². The number of hydrogen-bond donors (Lipinski definition) is 1. The first-order valence-electron chi connectivity index (χ1n) is 7.68. The lowest BCUT2D eigenvalue weighted by molar-refractivity contribution is -0.0394. The number of carbonyl (C=O) groups is 1. The Hall–Kier alpha value is -1.66. The van der Waals surface area contributed by atoms with Crippen molar-refractivity contribution < 1.29 is 14.6 Å². The van der Waals surface area contributed by atoms with Crippen molar-refractivity contribution in [2.24, 2.45) is 0 Å². The zero-order valence-corrected chi connectivity index (χ0v) is 13.6. The average molecular weight is 308 g/mol. The zero-order chi connectivity index (χ0) is 16.4. The predicted molar refractivity (Wildman–Crippen MR) is 83.0 cm³/mol. The van der Waals surface area contributed by atoms with E-state index in [1.165, 1.54) is 4.90 Å². The molecule has 1 amide bonds. The highest BCUT2D eigenvalue weighted by atomic mass is 16.5. The quantitative estimate of drug-likeness (QED) is 0.892. The van der Waals surface area contributed by atoms with Crippen molar-refractivity contribution in [1.82, 2.24) is 9.47 Å². The molecule has 0 aliphatic carbocycles. The number of nitrogens with zero attached hydrogens (tertiary/aromatic N) is 2. The lowest BCUT2D eigenvalue weighted by Gasteiger charge is -2.18. The van der Waals surface area contributed by atoms with Crippen LogP contribution in [-0.2, 0) is 11.3 Å². The van der Waals surface area contributed by atoms with E-state index in [1.807, 2.05) is 27.7 Å². The van der Waals surface area contributed by atoms with Gasteiger partial charge in [-0.3, -0.25) is 9.59 Å². The minimum absolute atomic E-state index is 0.0219. The highest BCUT2D eigenvalue weighted by molar-refractivity contribution is 5.94. The number of amides is 1. The van der Waals surface area contributed by atoms with Gasteiger partial charge in [-0.05, 0) is 39.8 Å². The Morgan fingerprint density at radius 1 is 1.41 bits per heavy atom. The Morgan fingerprint density at radius 2 is 2.09 bits per heavy atom. The largest absolute Gasteiger partial charge is 0.388 e. The van der Waals surface area contributed by atoms with Gasteiger partial charge in [-0.1, -0.05) is 0 Å². The van der Waals surface area contributed by atoms with Gasteiger partial charge in [-0.2, -0.15) is 0 Å². The number of hydrogen-bond acceptors (Lipinski definition) is 4. The molecule has 0 aromatic carbocycles. The first-order chi connectivity index (χ1) is 10.3. The molecule has 6 heteroatoms. The summed E-state index contributed by atoms with van der Waals surface area (Å²) >= 11 is 0. The summed E-state index contributed by atoms with van der Waals surface area (Å²) in [6.07, 6.45) is -1.14. The van der Waals surface area contributed by atoms with Crippen LogP contribution >= 0.6 is 0 Å². The number of carbonyl (C=O) groups excluding carboxylic acids is 1. The molecule has 1 aliphatic heterocycles. The molecule has 2 heterocycles. The topological polar surface area (TPSA) is 71.8 Å². The van der Waals surface area contributed by atoms with Gasteiger partial charge in [0, 0.05) is 25.3 Å². The fraction of sp³-hybridized carbons (Fsp3) is 0.625. The van der Waals surface area contributed by atoms with Gasteiger partial charge in [0.15, 0.2) is 0 Å². The smallest absolute Gasteiger partial charge is 0.263 e. The molecule has 1 fully saturated rings. The third kappa shape index (κ3) is 3.23. The molecule has 0 saturated carbocycles. The van der Waals surface area contributed by atoms with E-state index < -0.39 is 12.2 Å². The SMILES string of the molecule is CCn1c(C)ccc(C(=O)N2C[C@H](OC(C)C)[C@@H](O)C2)c1=O. The molecule has 122 valence electrons. The standard InChI is InChI=1S/C16H24N2O4/c1-5-18-11(4)6-7-12(16(18)21)15(20)17-8-13(19)14(9-17)22-10(2)3/h6-7,10,13-14,19H,5,8-9H2,1-4H3/t13-,14-/m0/s1. The minimum atomic E-state index is -0.717. The Morgan fingerprint density at radius 3 is 2.68 bits per heavy atom. The molecular formula is C16H24N2O4. The van der Waals surface area contributed by atoms with E-state index in [0.717, 1.165) is 5.69 Å². The average Bonchev–Trinajstić information content (AvgIpc) is 2.79. The summed E-state index contributed by atoms with van der Waals surface area (Å²) in [5.41, 5.74) is 0.687. The molecule has 1 N–H and O–H groups in total. The van der Waals surface area contributed by atoms with Gasteiger partial charge in [-0.25, -0.2) is 0 Å². The van der Waals surface area contributed by atoms with Crippen LogP contribution in [0.1, 0.15) is 36.8 Å². The summed E-state index contributed by atoms with van der Waals surface area (Å²) in [5.74, 6) is -0.346. The highest BCUT2D eigenvalue weighted by Gasteiger charge is 2.36. The Kier molecular flexibility index (Phi) is 5.03. The summed E-state index contributed by atoms with van der Waals surface area (Å²) in [5, 5.41) is 10.0. The van der Waals surface area contributed by atoms with E-state index in [-0.39, 0.29) is 29.7 Å². The van der Waals surface area contributed by atoms with Crippen LogP contribution in [0.4, 0.5) is 0 Å². The molecule has 2 rings (SSSR count). The van der Waals surface area contributed by atoms with Crippen LogP contribution in [0, 0.1) is 6.92 Å². The Balaban J connectivity index is 2.22. The predicted octanol–water partition coefficient (Wildman–Crippen LogP) is 0.787. The summed E-state index contributed by atoms with van der Waals surface area (Å²) in [6, 6.07) is 3.34. The van der Waals surface area contributed by atoms with E-state index in [2.05, 4.69) is 0 Å². The summed E-state index contributed by atoms with van der Waals surface area (Å²) in [7, 11) is 0. The maximum Gasteiger partial charge on any atom is 0.263 e. The maximum atomic E-state index is 12.6. The summed E-state index contributed by atoms with van der Waals surface area (Å²) < 4.78 is 7.18. The number of aromatic nitrogens is 1. The van der Waals surface area contributed by atoms with Crippen LogP contribution in [0.15, 0.2) is 16.9 Å². The Bertz CT molecular complexity index is 609. The molecule has 0 bridgehead atoms. The van der Waals surface area contributed by atoms with Gasteiger partial charge >= 0.3 is 0 Å². The second-order valence-electron chi connectivity index (χ2n) is 5.94. The fourth-order valence-electron chi connectivity index (χ4n) is 2.80. The third-order valence-corrected chi connectivity index (χ3v) is 3.91. The van der Waals surface area contributed by atoms with Gasteiger partial charge in [0.05, 0.1) is 12.2 Å². The number of aliphatic hydroxyl groups is 1. The fourth-order valence-corrected chi connectivity index (χ4v) is 2.80. The van der Waals surface area contributed by atoms with Crippen LogP contribution in [-0.4, -0.2) is 51.9 Å². The van der Waals surface area contributed by atoms with E-state index in [9.17, 15) is 14.7 Å². The van der Waals surface area contributed by atoms with Crippen molar-refractivity contribution in [1.29, 1.82) is 0 Å². The van der Waals surface area contributed by atoms with Crippen LogP contribution in [0.25, 0.3) is 0 Å². The molecule has 2 atom stereocenters. The number of pyridine rings is 1. The van der Waals surface area contributed by atoms with Crippen molar-refractivity contribution in [3.63, 3.8) is 0 Å². The van der Waals surface area contributed by atoms with Crippen LogP contribution in [0.5, 0.6) is 0 Å². The number of likely N-dealkylation sites (tertiary alicyclic amines) is 1. The van der Waals surface area contributed by atoms with E-state index in [0.29, 0.717) is 13.1 Å². The van der Waals surface area contributed by atoms with Crippen LogP contribution < -0.4 is 5.56 Å². The van der Waals surface area contributed by atoms with Crippen molar-refractivity contribution in [2.75, 3.05) is 13.1 Å². The molecule has 0 spiro atoms. The summed E-state index contributed by atoms with van der Waals surface area (Å²) in [4.78, 5) is 26.4. The third-order valence-electron chi connectivity index (χ3n) is 3.91. The second kappa shape index (κ2) is 6.62. The minimum Gasteiger partial charge on any atom is -0.388 e. The van der Waals surface area contributed by atoms with E-state index >= 15 is 0 Å². The number of aliphatic hydroxyl groups excluding tert-OH is 1. The maximum absolute atomic E-state index is 12.6. The van der Waals surface area contributed by atoms with Crippen LogP contribution in [0.3, 0.4) is 0 Å². The van der Waals surface area contributed by atoms with Gasteiger partial charge < -0.3 is 19.3 Å². The number of β-amino-alcohol motifs (C(OH)–C–C–N with tert-alkyl or cyclic N) is 1. The van der Waals surface area contributed by atoms with Crippen molar-refractivity contribution in [3.05, 3.63) is 33.7 Å². The molecule has 6 nitrogen and oxygen atoms in total. The highest BCUT2D eigenvalue weighted by Crippen LogP contribution is 2.17. The van der Waals surface area contributed by atoms with Crippen molar-refractivity contribution in [3.8, 4) is 0 Å². The van der Waals surface area contributed by atoms with E-state index in [4.69, 9.17) is 4.74 Å². The number of ether oxygens (including phenoxy) is 1. The molecular weight excluding hydrogens is 284 g/mol. The monoisotopic (exact) mass is 308 g/mol. The van der Waals surface area contributed by atoms with E-state index in [1.54, 1.807) is 16.7 Å². The van der Waals surface area contributed by atoms with Gasteiger partial charge in [0.2, 0.25) is 0 Å². The molecule has 1 saturated heterocycles. The molecule has 22 heavy (non-hydrogen) atoms. The normalized spacial score (nSPS) is 21.6. The first kappa shape index (κ1) is 16.7. The number of rotatable bonds is 4. The van der Waals surface area contributed by atoms with Crippen molar-refractivity contribution >= 4 is 5.91 Å². The van der Waals surface area contributed by atoms with Gasteiger partial charge in [0.25, 0.3) is 11.5 Å². The lowest BCUT2D eigenvalue weighted by atomic mass is 10.2. The molecule has 0 unspecified atom stereocenters. The molecule has 0 radical (unpaired) electrons. The molecule has 1 aromatic heterocycles. The molecule has 1 aromatic rings. The molecule has 1 aliphatic rings.